The molecule has 0 fully saturated rings. The molecular formula is C16H27ClN2O2. The van der Waals surface area contributed by atoms with Crippen LogP contribution in [-0.4, -0.2) is 11.0 Å². The maximum atomic E-state index is 11.6. The van der Waals surface area contributed by atoms with Gasteiger partial charge < -0.3 is 5.11 Å². The van der Waals surface area contributed by atoms with Gasteiger partial charge in [-0.1, -0.05) is 46.6 Å². The van der Waals surface area contributed by atoms with E-state index in [1.165, 1.54) is 6.42 Å². The normalized spacial score (nSPS) is 11.1. The summed E-state index contributed by atoms with van der Waals surface area (Å²) in [4.78, 5) is 11.6. The fraction of sp³-hybridized carbons (Fsp3) is 0.562. The Balaban J connectivity index is 0.00000400. The topological polar surface area (TPSA) is 75.3 Å². The van der Waals surface area contributed by atoms with E-state index in [9.17, 15) is 9.90 Å². The zero-order chi connectivity index (χ0) is 15.3. The Morgan fingerprint density at radius 1 is 1.38 bits per heavy atom. The van der Waals surface area contributed by atoms with Crippen molar-refractivity contribution in [3.8, 4) is 5.75 Å². The molecule has 120 valence electrons. The first-order valence-electron chi connectivity index (χ1n) is 7.12. The van der Waals surface area contributed by atoms with E-state index in [4.69, 9.17) is 5.84 Å². The predicted molar refractivity (Wildman–Crippen MR) is 88.7 cm³/mol. The molecule has 0 unspecified atom stereocenters. The number of rotatable bonds is 6. The fourth-order valence-corrected chi connectivity index (χ4v) is 2.31. The van der Waals surface area contributed by atoms with E-state index in [2.05, 4.69) is 33.1 Å². The van der Waals surface area contributed by atoms with E-state index in [0.717, 1.165) is 18.4 Å². The number of carbonyl (C=O) groups is 1. The first-order valence-corrected chi connectivity index (χ1v) is 7.12. The molecule has 4 N–H and O–H groups in total. The van der Waals surface area contributed by atoms with E-state index in [1.807, 2.05) is 6.07 Å². The zero-order valence-electron chi connectivity index (χ0n) is 13.3. The van der Waals surface area contributed by atoms with Gasteiger partial charge in [-0.3, -0.25) is 10.2 Å². The number of amides is 1. The molecule has 21 heavy (non-hydrogen) atoms. The Kier molecular flexibility index (Phi) is 7.75. The van der Waals surface area contributed by atoms with Crippen molar-refractivity contribution in [2.45, 2.75) is 52.4 Å². The SMILES string of the molecule is CC(C)CCCC(C)(C)c1ccc(O)c(C(=O)NN)c1.Cl. The van der Waals surface area contributed by atoms with Gasteiger partial charge >= 0.3 is 0 Å². The standard InChI is InChI=1S/C16H26N2O2.ClH/c1-11(2)6-5-9-16(3,4)12-7-8-14(19)13(10-12)15(20)18-17;/h7-8,10-11,19H,5-6,9,17H2,1-4H3,(H,18,20);1H. The fourth-order valence-electron chi connectivity index (χ4n) is 2.31. The van der Waals surface area contributed by atoms with Gasteiger partial charge in [0.1, 0.15) is 5.75 Å². The van der Waals surface area contributed by atoms with Crippen LogP contribution in [0.4, 0.5) is 0 Å². The minimum absolute atomic E-state index is 0. The third-order valence-electron chi connectivity index (χ3n) is 3.74. The molecule has 4 nitrogen and oxygen atoms in total. The number of nitrogens with one attached hydrogen (secondary N) is 1. The number of phenolic OH excluding ortho intramolecular Hbond substituents is 1. The van der Waals surface area contributed by atoms with Crippen molar-refractivity contribution in [2.24, 2.45) is 11.8 Å². The number of hydrogen-bond donors (Lipinski definition) is 3. The van der Waals surface area contributed by atoms with Crippen molar-refractivity contribution in [3.05, 3.63) is 29.3 Å². The molecule has 0 atom stereocenters. The van der Waals surface area contributed by atoms with Crippen molar-refractivity contribution in [1.82, 2.24) is 5.43 Å². The number of aromatic hydroxyl groups is 1. The molecule has 0 radical (unpaired) electrons. The summed E-state index contributed by atoms with van der Waals surface area (Å²) < 4.78 is 0. The Labute approximate surface area is 133 Å². The third kappa shape index (κ3) is 5.56. The van der Waals surface area contributed by atoms with Gasteiger partial charge in [-0.15, -0.1) is 12.4 Å². The second kappa shape index (κ2) is 8.25. The maximum Gasteiger partial charge on any atom is 0.268 e. The smallest absolute Gasteiger partial charge is 0.268 e. The maximum absolute atomic E-state index is 11.6. The van der Waals surface area contributed by atoms with E-state index in [-0.39, 0.29) is 29.1 Å². The van der Waals surface area contributed by atoms with Gasteiger partial charge in [-0.05, 0) is 35.4 Å². The number of nitrogens with two attached hydrogens (primary N) is 1. The van der Waals surface area contributed by atoms with E-state index < -0.39 is 5.91 Å². The lowest BCUT2D eigenvalue weighted by Gasteiger charge is -2.26. The highest BCUT2D eigenvalue weighted by Gasteiger charge is 2.22. The zero-order valence-corrected chi connectivity index (χ0v) is 14.1. The first-order chi connectivity index (χ1) is 9.27. The number of halogens is 1. The summed E-state index contributed by atoms with van der Waals surface area (Å²) in [6, 6.07) is 5.16. The van der Waals surface area contributed by atoms with Crippen LogP contribution < -0.4 is 11.3 Å². The van der Waals surface area contributed by atoms with Crippen LogP contribution in [0.1, 0.15) is 62.9 Å². The van der Waals surface area contributed by atoms with Crippen molar-refractivity contribution in [3.63, 3.8) is 0 Å². The molecule has 0 saturated heterocycles. The van der Waals surface area contributed by atoms with Gasteiger partial charge in [0.25, 0.3) is 5.91 Å². The molecule has 1 aromatic carbocycles. The summed E-state index contributed by atoms with van der Waals surface area (Å²) in [6.45, 7) is 8.75. The lowest BCUT2D eigenvalue weighted by molar-refractivity contribution is 0.0951. The van der Waals surface area contributed by atoms with Crippen LogP contribution in [0, 0.1) is 5.92 Å². The Morgan fingerprint density at radius 2 is 2.00 bits per heavy atom. The molecule has 1 rings (SSSR count). The Hall–Kier alpha value is -1.26. The van der Waals surface area contributed by atoms with Crippen molar-refractivity contribution < 1.29 is 9.90 Å². The van der Waals surface area contributed by atoms with Crippen molar-refractivity contribution in [1.29, 1.82) is 0 Å². The minimum Gasteiger partial charge on any atom is -0.507 e. The molecule has 5 heteroatoms. The summed E-state index contributed by atoms with van der Waals surface area (Å²) >= 11 is 0. The minimum atomic E-state index is -0.470. The summed E-state index contributed by atoms with van der Waals surface area (Å²) in [5.41, 5.74) is 3.29. The number of nitrogen functional groups attached to an aromatic ring is 1. The van der Waals surface area contributed by atoms with Crippen molar-refractivity contribution in [2.75, 3.05) is 0 Å². The molecule has 0 aliphatic rings. The van der Waals surface area contributed by atoms with Gasteiger partial charge in [0.2, 0.25) is 0 Å². The number of hydrazine groups is 1. The van der Waals surface area contributed by atoms with Crippen LogP contribution in [-0.2, 0) is 5.41 Å². The number of hydrogen-bond acceptors (Lipinski definition) is 3. The molecular weight excluding hydrogens is 288 g/mol. The summed E-state index contributed by atoms with van der Waals surface area (Å²) in [5.74, 6) is 5.32. The predicted octanol–water partition coefficient (Wildman–Crippen LogP) is 3.52. The third-order valence-corrected chi connectivity index (χ3v) is 3.74. The summed E-state index contributed by atoms with van der Waals surface area (Å²) in [6.07, 6.45) is 3.38. The lowest BCUT2D eigenvalue weighted by atomic mass is 9.79. The Morgan fingerprint density at radius 3 is 2.52 bits per heavy atom. The van der Waals surface area contributed by atoms with E-state index in [1.54, 1.807) is 12.1 Å². The molecule has 0 saturated carbocycles. The van der Waals surface area contributed by atoms with Gasteiger partial charge in [0.15, 0.2) is 0 Å². The van der Waals surface area contributed by atoms with E-state index in [0.29, 0.717) is 5.92 Å². The molecule has 1 aromatic rings. The van der Waals surface area contributed by atoms with Gasteiger partial charge in [0.05, 0.1) is 5.56 Å². The summed E-state index contributed by atoms with van der Waals surface area (Å²) in [7, 11) is 0. The highest BCUT2D eigenvalue weighted by atomic mass is 35.5. The number of benzene rings is 1. The monoisotopic (exact) mass is 314 g/mol. The van der Waals surface area contributed by atoms with Crippen LogP contribution in [0.15, 0.2) is 18.2 Å². The molecule has 0 aliphatic heterocycles. The molecule has 1 amide bonds. The van der Waals surface area contributed by atoms with Gasteiger partial charge in [-0.2, -0.15) is 0 Å². The molecule has 0 spiro atoms. The highest BCUT2D eigenvalue weighted by Crippen LogP contribution is 2.32. The highest BCUT2D eigenvalue weighted by molar-refractivity contribution is 5.96. The Bertz CT molecular complexity index is 473. The molecule has 0 bridgehead atoms. The quantitative estimate of drug-likeness (QED) is 0.427. The van der Waals surface area contributed by atoms with Crippen LogP contribution >= 0.6 is 12.4 Å². The molecule has 0 aliphatic carbocycles. The van der Waals surface area contributed by atoms with Gasteiger partial charge in [0, 0.05) is 0 Å². The van der Waals surface area contributed by atoms with Crippen LogP contribution in [0.25, 0.3) is 0 Å². The largest absolute Gasteiger partial charge is 0.507 e. The second-order valence-corrected chi connectivity index (χ2v) is 6.38. The second-order valence-electron chi connectivity index (χ2n) is 6.38. The number of phenols is 1. The first kappa shape index (κ1) is 19.7. The van der Waals surface area contributed by atoms with Crippen molar-refractivity contribution >= 4 is 18.3 Å². The van der Waals surface area contributed by atoms with Crippen LogP contribution in [0.3, 0.4) is 0 Å². The summed E-state index contributed by atoms with van der Waals surface area (Å²) in [5, 5.41) is 9.73. The molecule has 0 heterocycles. The molecule has 0 aromatic heterocycles. The average Bonchev–Trinajstić information content (AvgIpc) is 2.37. The van der Waals surface area contributed by atoms with Crippen LogP contribution in [0.5, 0.6) is 5.75 Å². The van der Waals surface area contributed by atoms with Gasteiger partial charge in [-0.25, -0.2) is 5.84 Å². The lowest BCUT2D eigenvalue weighted by Crippen LogP contribution is -2.30. The van der Waals surface area contributed by atoms with E-state index >= 15 is 0 Å². The number of carbonyl (C=O) groups excluding carboxylic acids is 1. The van der Waals surface area contributed by atoms with Crippen LogP contribution in [0.2, 0.25) is 0 Å². The average molecular weight is 315 g/mol.